The van der Waals surface area contributed by atoms with E-state index in [1.165, 1.54) is 11.9 Å². The smallest absolute Gasteiger partial charge is 0.261 e. The molecule has 7 nitrogen and oxygen atoms in total. The van der Waals surface area contributed by atoms with E-state index in [0.717, 1.165) is 32.9 Å². The summed E-state index contributed by atoms with van der Waals surface area (Å²) in [5.74, 6) is 0.647. The van der Waals surface area contributed by atoms with Gasteiger partial charge in [-0.3, -0.25) is 14.5 Å². The second kappa shape index (κ2) is 10.4. The van der Waals surface area contributed by atoms with Gasteiger partial charge in [-0.2, -0.15) is 0 Å². The molecule has 0 fully saturated rings. The molecule has 6 aromatic rings. The first-order valence-electron chi connectivity index (χ1n) is 13.7. The molecule has 2 N–H and O–H groups in total. The number of fused-ring (bicyclic) bond motifs is 2. The summed E-state index contributed by atoms with van der Waals surface area (Å²) in [6, 6.07) is 31.3. The molecule has 0 bridgehead atoms. The molecule has 0 atom stereocenters. The highest BCUT2D eigenvalue weighted by molar-refractivity contribution is 6.50. The van der Waals surface area contributed by atoms with Gasteiger partial charge in [0.1, 0.15) is 24.7 Å². The Kier molecular flexibility index (Phi) is 6.32. The Balaban J connectivity index is 1.29. The van der Waals surface area contributed by atoms with Crippen molar-refractivity contribution in [3.8, 4) is 11.5 Å². The third kappa shape index (κ3) is 4.51. The first-order chi connectivity index (χ1) is 20.6. The number of carbonyl (C=O) groups is 2. The average Bonchev–Trinajstić information content (AvgIpc) is 3.70. The van der Waals surface area contributed by atoms with Crippen molar-refractivity contribution in [2.24, 2.45) is 0 Å². The molecular weight excluding hydrogens is 526 g/mol. The molecule has 0 saturated carbocycles. The van der Waals surface area contributed by atoms with E-state index >= 15 is 0 Å². The van der Waals surface area contributed by atoms with E-state index in [4.69, 9.17) is 9.47 Å². The van der Waals surface area contributed by atoms with Gasteiger partial charge < -0.3 is 19.4 Å². The van der Waals surface area contributed by atoms with Crippen molar-refractivity contribution >= 4 is 44.8 Å². The molecule has 7 heteroatoms. The van der Waals surface area contributed by atoms with Crippen molar-refractivity contribution in [3.63, 3.8) is 0 Å². The fourth-order valence-electron chi connectivity index (χ4n) is 5.42. The number of hydrogen-bond donors (Lipinski definition) is 2. The number of amides is 2. The summed E-state index contributed by atoms with van der Waals surface area (Å²) >= 11 is 0. The number of likely N-dealkylation sites (N-methyl/N-ethyl adjacent to an activating group) is 1. The lowest BCUT2D eigenvalue weighted by Crippen LogP contribution is -2.26. The topological polar surface area (TPSA) is 87.4 Å². The summed E-state index contributed by atoms with van der Waals surface area (Å²) in [5, 5.41) is 1.60. The predicted molar refractivity (Wildman–Crippen MR) is 163 cm³/mol. The quantitative estimate of drug-likeness (QED) is 0.205. The molecular formula is C35H27N3O4. The predicted octanol–water partition coefficient (Wildman–Crippen LogP) is 6.72. The minimum atomic E-state index is -0.350. The minimum Gasteiger partial charge on any atom is -0.489 e. The van der Waals surface area contributed by atoms with E-state index < -0.39 is 0 Å². The third-order valence-electron chi connectivity index (χ3n) is 7.63. The lowest BCUT2D eigenvalue weighted by atomic mass is 9.95. The Labute approximate surface area is 242 Å². The molecule has 0 spiro atoms. The van der Waals surface area contributed by atoms with Gasteiger partial charge in [-0.1, -0.05) is 60.7 Å². The SMILES string of the molecule is CN1C(=O)C(c2c[nH]c3ccc(OCc4ccccc4)cc23)=C(c2c[nH]c3ccc(OCc4ccccc4)cc23)C1=O. The maximum absolute atomic E-state index is 13.6. The number of nitrogens with one attached hydrogen (secondary N) is 2. The van der Waals surface area contributed by atoms with Crippen LogP contribution in [0.25, 0.3) is 33.0 Å². The van der Waals surface area contributed by atoms with Crippen molar-refractivity contribution in [1.29, 1.82) is 0 Å². The van der Waals surface area contributed by atoms with Gasteiger partial charge in [0.25, 0.3) is 11.8 Å². The number of nitrogens with zero attached hydrogens (tertiary/aromatic N) is 1. The van der Waals surface area contributed by atoms with Crippen LogP contribution in [0.3, 0.4) is 0 Å². The number of ether oxygens (including phenoxy) is 2. The van der Waals surface area contributed by atoms with Gasteiger partial charge in [-0.25, -0.2) is 0 Å². The minimum absolute atomic E-state index is 0.350. The van der Waals surface area contributed by atoms with Crippen LogP contribution in [0.2, 0.25) is 0 Å². The molecule has 1 aliphatic rings. The van der Waals surface area contributed by atoms with E-state index in [9.17, 15) is 9.59 Å². The summed E-state index contributed by atoms with van der Waals surface area (Å²) in [6.45, 7) is 0.842. The monoisotopic (exact) mass is 553 g/mol. The van der Waals surface area contributed by atoms with Crippen molar-refractivity contribution < 1.29 is 19.1 Å². The van der Waals surface area contributed by atoms with Crippen molar-refractivity contribution in [1.82, 2.24) is 14.9 Å². The fraction of sp³-hybridized carbons (Fsp3) is 0.0857. The molecule has 2 aromatic heterocycles. The van der Waals surface area contributed by atoms with Gasteiger partial charge >= 0.3 is 0 Å². The molecule has 7 rings (SSSR count). The van der Waals surface area contributed by atoms with Crippen LogP contribution in [0.15, 0.2) is 109 Å². The Bertz CT molecular complexity index is 1840. The number of aromatic nitrogens is 2. The average molecular weight is 554 g/mol. The summed E-state index contributed by atoms with van der Waals surface area (Å²) in [7, 11) is 1.52. The van der Waals surface area contributed by atoms with Gasteiger partial charge in [0.2, 0.25) is 0 Å². The van der Waals surface area contributed by atoms with Crippen LogP contribution >= 0.6 is 0 Å². The number of H-pyrrole nitrogens is 2. The van der Waals surface area contributed by atoms with Crippen LogP contribution in [0.5, 0.6) is 11.5 Å². The van der Waals surface area contributed by atoms with Gasteiger partial charge in [0, 0.05) is 52.4 Å². The van der Waals surface area contributed by atoms with Gasteiger partial charge in [-0.05, 0) is 47.5 Å². The molecule has 206 valence electrons. The van der Waals surface area contributed by atoms with Crippen LogP contribution in [0, 0.1) is 0 Å². The number of hydrogen-bond acceptors (Lipinski definition) is 4. The summed E-state index contributed by atoms with van der Waals surface area (Å²) < 4.78 is 12.1. The maximum atomic E-state index is 13.6. The molecule has 0 aliphatic carbocycles. The first kappa shape index (κ1) is 25.4. The molecule has 0 saturated heterocycles. The first-order valence-corrected chi connectivity index (χ1v) is 13.7. The number of imide groups is 1. The number of rotatable bonds is 8. The lowest BCUT2D eigenvalue weighted by molar-refractivity contribution is -0.134. The number of carbonyl (C=O) groups excluding carboxylic acids is 2. The van der Waals surface area contributed by atoms with E-state index in [1.807, 2.05) is 97.1 Å². The summed E-state index contributed by atoms with van der Waals surface area (Å²) in [4.78, 5) is 34.9. The van der Waals surface area contributed by atoms with Gasteiger partial charge in [0.15, 0.2) is 0 Å². The fourth-order valence-corrected chi connectivity index (χ4v) is 5.42. The second-order valence-corrected chi connectivity index (χ2v) is 10.3. The van der Waals surface area contributed by atoms with Crippen LogP contribution in [-0.4, -0.2) is 33.7 Å². The number of benzene rings is 4. The standard InChI is InChI=1S/C35H27N3O4/c1-38-34(39)32(28-18-36-30-14-12-24(16-26(28)30)41-20-22-8-4-2-5-9-22)33(35(38)40)29-19-37-31-15-13-25(17-27(29)31)42-21-23-10-6-3-7-11-23/h2-19,36-37H,20-21H2,1H3. The highest BCUT2D eigenvalue weighted by Crippen LogP contribution is 2.41. The molecule has 0 unspecified atom stereocenters. The van der Waals surface area contributed by atoms with Crippen LogP contribution in [0.4, 0.5) is 0 Å². The Morgan fingerprint density at radius 2 is 1.02 bits per heavy atom. The van der Waals surface area contributed by atoms with Crippen LogP contribution in [-0.2, 0) is 22.8 Å². The summed E-state index contributed by atoms with van der Waals surface area (Å²) in [6.07, 6.45) is 3.57. The molecule has 2 amide bonds. The molecule has 42 heavy (non-hydrogen) atoms. The maximum Gasteiger partial charge on any atom is 0.261 e. The van der Waals surface area contributed by atoms with Crippen LogP contribution in [0.1, 0.15) is 22.3 Å². The van der Waals surface area contributed by atoms with Crippen molar-refractivity contribution in [3.05, 3.63) is 132 Å². The van der Waals surface area contributed by atoms with E-state index in [0.29, 0.717) is 47.0 Å². The van der Waals surface area contributed by atoms with Gasteiger partial charge in [-0.15, -0.1) is 0 Å². The van der Waals surface area contributed by atoms with Gasteiger partial charge in [0.05, 0.1) is 11.1 Å². The zero-order valence-corrected chi connectivity index (χ0v) is 22.9. The molecule has 3 heterocycles. The highest BCUT2D eigenvalue weighted by atomic mass is 16.5. The third-order valence-corrected chi connectivity index (χ3v) is 7.63. The van der Waals surface area contributed by atoms with Crippen LogP contribution < -0.4 is 9.47 Å². The zero-order valence-electron chi connectivity index (χ0n) is 22.9. The van der Waals surface area contributed by atoms with E-state index in [1.54, 1.807) is 12.4 Å². The Morgan fingerprint density at radius 1 is 0.595 bits per heavy atom. The zero-order chi connectivity index (χ0) is 28.6. The summed E-state index contributed by atoms with van der Waals surface area (Å²) in [5.41, 5.74) is 5.81. The molecule has 4 aromatic carbocycles. The Hall–Kier alpha value is -5.56. The highest BCUT2D eigenvalue weighted by Gasteiger charge is 2.39. The van der Waals surface area contributed by atoms with E-state index in [-0.39, 0.29) is 11.8 Å². The molecule has 1 aliphatic heterocycles. The normalized spacial score (nSPS) is 13.5. The largest absolute Gasteiger partial charge is 0.489 e. The van der Waals surface area contributed by atoms with E-state index in [2.05, 4.69) is 9.97 Å². The Morgan fingerprint density at radius 3 is 1.45 bits per heavy atom. The van der Waals surface area contributed by atoms with Crippen molar-refractivity contribution in [2.45, 2.75) is 13.2 Å². The second-order valence-electron chi connectivity index (χ2n) is 10.3. The lowest BCUT2D eigenvalue weighted by Gasteiger charge is -2.08. The molecule has 0 radical (unpaired) electrons. The van der Waals surface area contributed by atoms with Crippen molar-refractivity contribution in [2.75, 3.05) is 7.05 Å². The number of aromatic amines is 2.